The molecule has 0 amide bonds. The van der Waals surface area contributed by atoms with E-state index in [1.807, 2.05) is 13.1 Å². The molecule has 2 heterocycles. The summed E-state index contributed by atoms with van der Waals surface area (Å²) in [6.07, 6.45) is 6.21. The fourth-order valence-corrected chi connectivity index (χ4v) is 1.56. The summed E-state index contributed by atoms with van der Waals surface area (Å²) in [6.45, 7) is 0. The number of aromatic nitrogens is 3. The van der Waals surface area contributed by atoms with E-state index in [2.05, 4.69) is 10.1 Å². The van der Waals surface area contributed by atoms with E-state index in [1.54, 1.807) is 35.4 Å². The van der Waals surface area contributed by atoms with Gasteiger partial charge in [0, 0.05) is 43.3 Å². The van der Waals surface area contributed by atoms with Crippen LogP contribution in [0.3, 0.4) is 0 Å². The van der Waals surface area contributed by atoms with E-state index in [1.165, 1.54) is 0 Å². The lowest BCUT2D eigenvalue weighted by Gasteiger charge is -2.01. The highest BCUT2D eigenvalue weighted by molar-refractivity contribution is 5.95. The van der Waals surface area contributed by atoms with E-state index in [0.29, 0.717) is 18.4 Å². The van der Waals surface area contributed by atoms with Crippen LogP contribution in [0.5, 0.6) is 0 Å². The van der Waals surface area contributed by atoms with E-state index >= 15 is 0 Å². The Morgan fingerprint density at radius 1 is 1.38 bits per heavy atom. The van der Waals surface area contributed by atoms with Crippen LogP contribution in [0.25, 0.3) is 0 Å². The van der Waals surface area contributed by atoms with E-state index in [4.69, 9.17) is 0 Å². The smallest absolute Gasteiger partial charge is 0.164 e. The monoisotopic (exact) mass is 215 g/mol. The first kappa shape index (κ1) is 10.5. The van der Waals surface area contributed by atoms with Gasteiger partial charge in [-0.05, 0) is 24.6 Å². The normalized spacial score (nSPS) is 10.3. The van der Waals surface area contributed by atoms with Gasteiger partial charge in [-0.25, -0.2) is 0 Å². The van der Waals surface area contributed by atoms with Crippen molar-refractivity contribution < 1.29 is 4.79 Å². The SMILES string of the molecule is Cn1nccc1CCC(=O)c1cccnc1. The molecule has 0 aliphatic carbocycles. The molecule has 0 saturated carbocycles. The molecule has 16 heavy (non-hydrogen) atoms. The van der Waals surface area contributed by atoms with Crippen LogP contribution in [0.4, 0.5) is 0 Å². The third-order valence-corrected chi connectivity index (χ3v) is 2.51. The first-order valence-corrected chi connectivity index (χ1v) is 5.17. The van der Waals surface area contributed by atoms with Gasteiger partial charge in [-0.3, -0.25) is 14.5 Å². The number of Topliss-reactive ketones (excluding diaryl/α,β-unsaturated/α-hetero) is 1. The molecule has 0 unspecified atom stereocenters. The lowest BCUT2D eigenvalue weighted by Crippen LogP contribution is -2.04. The summed E-state index contributed by atoms with van der Waals surface area (Å²) < 4.78 is 1.79. The first-order chi connectivity index (χ1) is 7.77. The molecule has 0 bridgehead atoms. The van der Waals surface area contributed by atoms with Gasteiger partial charge in [-0.15, -0.1) is 0 Å². The Morgan fingerprint density at radius 2 is 2.25 bits per heavy atom. The average Bonchev–Trinajstić information content (AvgIpc) is 2.73. The average molecular weight is 215 g/mol. The molecule has 0 aromatic carbocycles. The third kappa shape index (κ3) is 2.34. The second kappa shape index (κ2) is 4.70. The van der Waals surface area contributed by atoms with E-state index < -0.39 is 0 Å². The topological polar surface area (TPSA) is 47.8 Å². The minimum Gasteiger partial charge on any atom is -0.294 e. The van der Waals surface area contributed by atoms with Crippen molar-refractivity contribution in [2.24, 2.45) is 7.05 Å². The van der Waals surface area contributed by atoms with Crippen molar-refractivity contribution in [2.45, 2.75) is 12.8 Å². The Hall–Kier alpha value is -1.97. The largest absolute Gasteiger partial charge is 0.294 e. The van der Waals surface area contributed by atoms with Gasteiger partial charge in [-0.1, -0.05) is 0 Å². The van der Waals surface area contributed by atoms with Crippen molar-refractivity contribution in [3.63, 3.8) is 0 Å². The minimum atomic E-state index is 0.120. The number of hydrogen-bond donors (Lipinski definition) is 0. The number of carbonyl (C=O) groups is 1. The number of nitrogens with zero attached hydrogens (tertiary/aromatic N) is 3. The van der Waals surface area contributed by atoms with Crippen molar-refractivity contribution in [3.8, 4) is 0 Å². The zero-order chi connectivity index (χ0) is 11.4. The summed E-state index contributed by atoms with van der Waals surface area (Å²) >= 11 is 0. The number of aryl methyl sites for hydroxylation is 2. The Labute approximate surface area is 93.9 Å². The van der Waals surface area contributed by atoms with Crippen molar-refractivity contribution >= 4 is 5.78 Å². The molecular weight excluding hydrogens is 202 g/mol. The van der Waals surface area contributed by atoms with Crippen LogP contribution in [-0.2, 0) is 13.5 Å². The van der Waals surface area contributed by atoms with Gasteiger partial charge >= 0.3 is 0 Å². The molecule has 2 aromatic heterocycles. The summed E-state index contributed by atoms with van der Waals surface area (Å²) in [5.74, 6) is 0.120. The highest BCUT2D eigenvalue weighted by atomic mass is 16.1. The first-order valence-electron chi connectivity index (χ1n) is 5.17. The molecule has 0 spiro atoms. The molecule has 0 atom stereocenters. The molecule has 4 heteroatoms. The maximum Gasteiger partial charge on any atom is 0.164 e. The van der Waals surface area contributed by atoms with Gasteiger partial charge in [0.1, 0.15) is 0 Å². The molecular formula is C12H13N3O. The van der Waals surface area contributed by atoms with Crippen molar-refractivity contribution in [2.75, 3.05) is 0 Å². The third-order valence-electron chi connectivity index (χ3n) is 2.51. The van der Waals surface area contributed by atoms with Crippen LogP contribution >= 0.6 is 0 Å². The number of rotatable bonds is 4. The van der Waals surface area contributed by atoms with Gasteiger partial charge in [0.15, 0.2) is 5.78 Å². The molecule has 4 nitrogen and oxygen atoms in total. The summed E-state index contributed by atoms with van der Waals surface area (Å²) in [5.41, 5.74) is 1.74. The van der Waals surface area contributed by atoms with Gasteiger partial charge in [0.25, 0.3) is 0 Å². The number of hydrogen-bond acceptors (Lipinski definition) is 3. The predicted octanol–water partition coefficient (Wildman–Crippen LogP) is 1.63. The van der Waals surface area contributed by atoms with Gasteiger partial charge < -0.3 is 0 Å². The van der Waals surface area contributed by atoms with Crippen LogP contribution < -0.4 is 0 Å². The van der Waals surface area contributed by atoms with Crippen molar-refractivity contribution in [3.05, 3.63) is 48.0 Å². The Kier molecular flexibility index (Phi) is 3.10. The molecule has 0 radical (unpaired) electrons. The minimum absolute atomic E-state index is 0.120. The standard InChI is InChI=1S/C12H13N3O/c1-15-11(6-8-14-15)4-5-12(16)10-3-2-7-13-9-10/h2-3,6-9H,4-5H2,1H3. The summed E-state index contributed by atoms with van der Waals surface area (Å²) in [7, 11) is 1.88. The molecule has 82 valence electrons. The summed E-state index contributed by atoms with van der Waals surface area (Å²) in [5, 5.41) is 4.06. The highest BCUT2D eigenvalue weighted by Crippen LogP contribution is 2.06. The van der Waals surface area contributed by atoms with Crippen LogP contribution in [0, 0.1) is 0 Å². The predicted molar refractivity (Wildman–Crippen MR) is 60.1 cm³/mol. The second-order valence-electron chi connectivity index (χ2n) is 3.61. The molecule has 0 aliphatic rings. The zero-order valence-electron chi connectivity index (χ0n) is 9.13. The maximum atomic E-state index is 11.8. The Morgan fingerprint density at radius 3 is 2.88 bits per heavy atom. The Bertz CT molecular complexity index is 476. The number of carbonyl (C=O) groups excluding carboxylic acids is 1. The number of ketones is 1. The fourth-order valence-electron chi connectivity index (χ4n) is 1.56. The van der Waals surface area contributed by atoms with Crippen LogP contribution in [0.15, 0.2) is 36.8 Å². The Balaban J connectivity index is 1.97. The molecule has 0 saturated heterocycles. The molecule has 2 rings (SSSR count). The van der Waals surface area contributed by atoms with Crippen LogP contribution in [0.2, 0.25) is 0 Å². The van der Waals surface area contributed by atoms with E-state index in [0.717, 1.165) is 5.69 Å². The van der Waals surface area contributed by atoms with E-state index in [9.17, 15) is 4.79 Å². The molecule has 0 N–H and O–H groups in total. The molecule has 2 aromatic rings. The van der Waals surface area contributed by atoms with Crippen molar-refractivity contribution in [1.29, 1.82) is 0 Å². The quantitative estimate of drug-likeness (QED) is 0.728. The van der Waals surface area contributed by atoms with Gasteiger partial charge in [0.2, 0.25) is 0 Å². The molecule has 0 fully saturated rings. The van der Waals surface area contributed by atoms with E-state index in [-0.39, 0.29) is 5.78 Å². The zero-order valence-corrected chi connectivity index (χ0v) is 9.13. The lowest BCUT2D eigenvalue weighted by atomic mass is 10.1. The van der Waals surface area contributed by atoms with Crippen molar-refractivity contribution in [1.82, 2.24) is 14.8 Å². The molecule has 0 aliphatic heterocycles. The van der Waals surface area contributed by atoms with Gasteiger partial charge in [-0.2, -0.15) is 5.10 Å². The highest BCUT2D eigenvalue weighted by Gasteiger charge is 2.07. The summed E-state index contributed by atoms with van der Waals surface area (Å²) in [6, 6.07) is 5.49. The number of pyridine rings is 1. The lowest BCUT2D eigenvalue weighted by molar-refractivity contribution is 0.0982. The summed E-state index contributed by atoms with van der Waals surface area (Å²) in [4.78, 5) is 15.7. The second-order valence-corrected chi connectivity index (χ2v) is 3.61. The fraction of sp³-hybridized carbons (Fsp3) is 0.250. The maximum absolute atomic E-state index is 11.8. The van der Waals surface area contributed by atoms with Crippen LogP contribution in [-0.4, -0.2) is 20.5 Å². The van der Waals surface area contributed by atoms with Crippen LogP contribution in [0.1, 0.15) is 22.5 Å². The van der Waals surface area contributed by atoms with Gasteiger partial charge in [0.05, 0.1) is 0 Å².